The van der Waals surface area contributed by atoms with E-state index in [4.69, 9.17) is 0 Å². The van der Waals surface area contributed by atoms with Gasteiger partial charge in [-0.1, -0.05) is 18.7 Å². The third-order valence-corrected chi connectivity index (χ3v) is 3.04. The van der Waals surface area contributed by atoms with Crippen molar-refractivity contribution < 1.29 is 0 Å². The summed E-state index contributed by atoms with van der Waals surface area (Å²) in [5.41, 5.74) is 6.02. The van der Waals surface area contributed by atoms with Crippen molar-refractivity contribution in [3.05, 3.63) is 54.5 Å². The van der Waals surface area contributed by atoms with Gasteiger partial charge in [0.25, 0.3) is 0 Å². The standard InChI is InChI=1S/C14H12N2/c1-10-2-3-11-8-12(4-5-13(10)11)14-9-15-6-7-16-14/h4-9H,1-3H2. The van der Waals surface area contributed by atoms with Crippen molar-refractivity contribution in [2.75, 3.05) is 0 Å². The minimum atomic E-state index is 0.933. The maximum Gasteiger partial charge on any atom is 0.0885 e. The minimum absolute atomic E-state index is 0.933. The van der Waals surface area contributed by atoms with Crippen LogP contribution in [0.15, 0.2) is 43.4 Å². The normalized spacial score (nSPS) is 13.9. The summed E-state index contributed by atoms with van der Waals surface area (Å²) in [7, 11) is 0. The van der Waals surface area contributed by atoms with E-state index in [1.807, 2.05) is 0 Å². The van der Waals surface area contributed by atoms with Gasteiger partial charge in [-0.25, -0.2) is 0 Å². The number of benzene rings is 1. The molecule has 1 aliphatic carbocycles. The first-order valence-electron chi connectivity index (χ1n) is 5.42. The van der Waals surface area contributed by atoms with Crippen LogP contribution in [0.25, 0.3) is 16.8 Å². The molecule has 0 spiro atoms. The molecule has 0 atom stereocenters. The van der Waals surface area contributed by atoms with Crippen LogP contribution in [-0.2, 0) is 6.42 Å². The molecule has 0 fully saturated rings. The lowest BCUT2D eigenvalue weighted by atomic mass is 10.0. The lowest BCUT2D eigenvalue weighted by Gasteiger charge is -2.04. The highest BCUT2D eigenvalue weighted by atomic mass is 14.8. The van der Waals surface area contributed by atoms with Crippen molar-refractivity contribution in [1.82, 2.24) is 9.97 Å². The van der Waals surface area contributed by atoms with Gasteiger partial charge in [-0.05, 0) is 35.6 Å². The third-order valence-electron chi connectivity index (χ3n) is 3.04. The van der Waals surface area contributed by atoms with Gasteiger partial charge < -0.3 is 0 Å². The molecule has 1 heterocycles. The average Bonchev–Trinajstić information content (AvgIpc) is 2.72. The van der Waals surface area contributed by atoms with Crippen LogP contribution in [-0.4, -0.2) is 9.97 Å². The van der Waals surface area contributed by atoms with Crippen molar-refractivity contribution in [2.45, 2.75) is 12.8 Å². The molecule has 2 aromatic rings. The second kappa shape index (κ2) is 3.56. The van der Waals surface area contributed by atoms with Crippen LogP contribution in [0.2, 0.25) is 0 Å². The number of rotatable bonds is 1. The summed E-state index contributed by atoms with van der Waals surface area (Å²) in [6, 6.07) is 6.45. The number of aromatic nitrogens is 2. The highest BCUT2D eigenvalue weighted by Crippen LogP contribution is 2.33. The van der Waals surface area contributed by atoms with Crippen LogP contribution in [0.5, 0.6) is 0 Å². The van der Waals surface area contributed by atoms with Gasteiger partial charge in [-0.2, -0.15) is 0 Å². The largest absolute Gasteiger partial charge is 0.261 e. The maximum atomic E-state index is 4.31. The Kier molecular flexibility index (Phi) is 2.07. The van der Waals surface area contributed by atoms with Crippen LogP contribution in [0.3, 0.4) is 0 Å². The molecule has 78 valence electrons. The van der Waals surface area contributed by atoms with Gasteiger partial charge in [0.1, 0.15) is 0 Å². The number of allylic oxidation sites excluding steroid dienone is 1. The third kappa shape index (κ3) is 1.43. The maximum absolute atomic E-state index is 4.31. The molecule has 0 radical (unpaired) electrons. The van der Waals surface area contributed by atoms with Crippen LogP contribution >= 0.6 is 0 Å². The van der Waals surface area contributed by atoms with E-state index in [0.717, 1.165) is 24.1 Å². The number of aryl methyl sites for hydroxylation is 1. The van der Waals surface area contributed by atoms with Crippen LogP contribution < -0.4 is 0 Å². The molecule has 0 unspecified atom stereocenters. The monoisotopic (exact) mass is 208 g/mol. The first-order valence-corrected chi connectivity index (χ1v) is 5.42. The van der Waals surface area contributed by atoms with Crippen LogP contribution in [0.1, 0.15) is 17.5 Å². The number of hydrogen-bond donors (Lipinski definition) is 0. The molecule has 3 rings (SSSR count). The molecular weight excluding hydrogens is 196 g/mol. The molecule has 0 aliphatic heterocycles. The molecule has 0 bridgehead atoms. The Bertz CT molecular complexity index is 544. The van der Waals surface area contributed by atoms with E-state index in [-0.39, 0.29) is 0 Å². The summed E-state index contributed by atoms with van der Waals surface area (Å²) in [5, 5.41) is 0. The molecule has 1 aromatic carbocycles. The van der Waals surface area contributed by atoms with Gasteiger partial charge in [-0.15, -0.1) is 0 Å². The van der Waals surface area contributed by atoms with Crippen LogP contribution in [0.4, 0.5) is 0 Å². The predicted octanol–water partition coefficient (Wildman–Crippen LogP) is 3.10. The van der Waals surface area contributed by atoms with Gasteiger partial charge >= 0.3 is 0 Å². The van der Waals surface area contributed by atoms with E-state index < -0.39 is 0 Å². The molecule has 0 N–H and O–H groups in total. The summed E-state index contributed by atoms with van der Waals surface area (Å²) in [6.45, 7) is 4.07. The lowest BCUT2D eigenvalue weighted by molar-refractivity contribution is 1.08. The molecule has 0 saturated carbocycles. The minimum Gasteiger partial charge on any atom is -0.261 e. The van der Waals surface area contributed by atoms with Crippen LogP contribution in [0, 0.1) is 0 Å². The second-order valence-electron chi connectivity index (χ2n) is 4.07. The molecule has 0 amide bonds. The molecule has 1 aliphatic rings. The summed E-state index contributed by atoms with van der Waals surface area (Å²) < 4.78 is 0. The Morgan fingerprint density at radius 2 is 2.06 bits per heavy atom. The number of fused-ring (bicyclic) bond motifs is 1. The SMILES string of the molecule is C=C1CCc2cc(-c3cnccn3)ccc21. The molecular formula is C14H12N2. The fraction of sp³-hybridized carbons (Fsp3) is 0.143. The lowest BCUT2D eigenvalue weighted by Crippen LogP contribution is -1.87. The fourth-order valence-electron chi connectivity index (χ4n) is 2.17. The quantitative estimate of drug-likeness (QED) is 0.719. The number of nitrogens with zero attached hydrogens (tertiary/aromatic N) is 2. The summed E-state index contributed by atoms with van der Waals surface area (Å²) in [5.74, 6) is 0. The van der Waals surface area contributed by atoms with E-state index in [1.165, 1.54) is 16.7 Å². The van der Waals surface area contributed by atoms with E-state index >= 15 is 0 Å². The molecule has 16 heavy (non-hydrogen) atoms. The van der Waals surface area contributed by atoms with Crippen molar-refractivity contribution in [3.8, 4) is 11.3 Å². The van der Waals surface area contributed by atoms with E-state index in [2.05, 4.69) is 34.7 Å². The Labute approximate surface area is 94.7 Å². The Morgan fingerprint density at radius 1 is 1.12 bits per heavy atom. The molecule has 2 nitrogen and oxygen atoms in total. The van der Waals surface area contributed by atoms with E-state index in [0.29, 0.717) is 0 Å². The highest BCUT2D eigenvalue weighted by molar-refractivity contribution is 5.74. The first kappa shape index (κ1) is 9.28. The molecule has 0 saturated heterocycles. The zero-order valence-electron chi connectivity index (χ0n) is 8.98. The second-order valence-corrected chi connectivity index (χ2v) is 4.07. The van der Waals surface area contributed by atoms with Crippen molar-refractivity contribution in [1.29, 1.82) is 0 Å². The zero-order valence-corrected chi connectivity index (χ0v) is 8.98. The molecule has 2 heteroatoms. The Morgan fingerprint density at radius 3 is 2.88 bits per heavy atom. The summed E-state index contributed by atoms with van der Waals surface area (Å²) >= 11 is 0. The Balaban J connectivity index is 2.09. The van der Waals surface area contributed by atoms with Crippen molar-refractivity contribution in [3.63, 3.8) is 0 Å². The molecule has 1 aromatic heterocycles. The van der Waals surface area contributed by atoms with Crippen molar-refractivity contribution in [2.24, 2.45) is 0 Å². The predicted molar refractivity (Wildman–Crippen MR) is 64.8 cm³/mol. The van der Waals surface area contributed by atoms with Gasteiger partial charge in [-0.3, -0.25) is 9.97 Å². The highest BCUT2D eigenvalue weighted by Gasteiger charge is 2.14. The Hall–Kier alpha value is -1.96. The van der Waals surface area contributed by atoms with E-state index in [9.17, 15) is 0 Å². The summed E-state index contributed by atoms with van der Waals surface area (Å²) in [4.78, 5) is 8.40. The smallest absolute Gasteiger partial charge is 0.0885 e. The van der Waals surface area contributed by atoms with Gasteiger partial charge in [0, 0.05) is 18.0 Å². The summed E-state index contributed by atoms with van der Waals surface area (Å²) in [6.07, 6.45) is 7.40. The first-order chi connectivity index (χ1) is 7.84. The van der Waals surface area contributed by atoms with Gasteiger partial charge in [0.05, 0.1) is 11.9 Å². The number of hydrogen-bond acceptors (Lipinski definition) is 2. The topological polar surface area (TPSA) is 25.8 Å². The average molecular weight is 208 g/mol. The fourth-order valence-corrected chi connectivity index (χ4v) is 2.17. The van der Waals surface area contributed by atoms with Gasteiger partial charge in [0.2, 0.25) is 0 Å². The van der Waals surface area contributed by atoms with E-state index in [1.54, 1.807) is 18.6 Å². The van der Waals surface area contributed by atoms with Gasteiger partial charge in [0.15, 0.2) is 0 Å². The zero-order chi connectivity index (χ0) is 11.0. The van der Waals surface area contributed by atoms with Crippen molar-refractivity contribution >= 4 is 5.57 Å².